The number of H-pyrrole nitrogens is 1. The number of methoxy groups -OCH3 is 1. The molecule has 6 heteroatoms. The van der Waals surface area contributed by atoms with Crippen LogP contribution in [0, 0.1) is 6.92 Å². The largest absolute Gasteiger partial charge is 0.479 e. The van der Waals surface area contributed by atoms with Crippen molar-refractivity contribution in [3.05, 3.63) is 21.9 Å². The number of ether oxygens (including phenoxy) is 2. The molecule has 0 unspecified atom stereocenters. The number of halogens is 1. The molecule has 18 heavy (non-hydrogen) atoms. The summed E-state index contributed by atoms with van der Waals surface area (Å²) in [5.41, 5.74) is 1.93. The van der Waals surface area contributed by atoms with Gasteiger partial charge in [-0.25, -0.2) is 9.78 Å². The Morgan fingerprint density at radius 3 is 2.89 bits per heavy atom. The summed E-state index contributed by atoms with van der Waals surface area (Å²) >= 11 is 3.40. The lowest BCUT2D eigenvalue weighted by Gasteiger charge is -2.04. The number of nitrogens with zero attached hydrogens (tertiary/aromatic N) is 1. The average molecular weight is 313 g/mol. The molecule has 0 spiro atoms. The molecule has 96 valence electrons. The molecule has 1 N–H and O–H groups in total. The first-order chi connectivity index (χ1) is 8.60. The van der Waals surface area contributed by atoms with Gasteiger partial charge in [0, 0.05) is 21.7 Å². The Hall–Kier alpha value is -1.56. The lowest BCUT2D eigenvalue weighted by Crippen LogP contribution is -2.05. The number of nitrogens with one attached hydrogen (secondary N) is 1. The van der Waals surface area contributed by atoms with Crippen molar-refractivity contribution in [3.63, 3.8) is 0 Å². The third-order valence-electron chi connectivity index (χ3n) is 2.61. The highest BCUT2D eigenvalue weighted by Crippen LogP contribution is 2.33. The molecule has 0 radical (unpaired) electrons. The van der Waals surface area contributed by atoms with E-state index in [2.05, 4.69) is 25.9 Å². The number of aromatic amines is 1. The molecule has 0 saturated heterocycles. The highest BCUT2D eigenvalue weighted by Gasteiger charge is 2.21. The fourth-order valence-corrected chi connectivity index (χ4v) is 2.38. The van der Waals surface area contributed by atoms with Crippen molar-refractivity contribution in [2.45, 2.75) is 13.8 Å². The Kier molecular flexibility index (Phi) is 3.56. The van der Waals surface area contributed by atoms with Crippen LogP contribution in [0.3, 0.4) is 0 Å². The monoisotopic (exact) mass is 312 g/mol. The molecule has 2 aromatic rings. The van der Waals surface area contributed by atoms with Crippen LogP contribution < -0.4 is 4.74 Å². The molecule has 2 aromatic heterocycles. The zero-order valence-electron chi connectivity index (χ0n) is 10.3. The molecule has 0 fully saturated rings. The number of fused-ring (bicyclic) bond motifs is 1. The van der Waals surface area contributed by atoms with Gasteiger partial charge in [0.15, 0.2) is 0 Å². The molecular weight excluding hydrogens is 300 g/mol. The van der Waals surface area contributed by atoms with Gasteiger partial charge in [-0.3, -0.25) is 0 Å². The van der Waals surface area contributed by atoms with Crippen molar-refractivity contribution in [3.8, 4) is 5.88 Å². The summed E-state index contributed by atoms with van der Waals surface area (Å²) in [5.74, 6) is 0.0991. The summed E-state index contributed by atoms with van der Waals surface area (Å²) < 4.78 is 11.0. The zero-order chi connectivity index (χ0) is 13.3. The van der Waals surface area contributed by atoms with E-state index >= 15 is 0 Å². The third-order valence-corrected chi connectivity index (χ3v) is 3.21. The van der Waals surface area contributed by atoms with Gasteiger partial charge < -0.3 is 14.5 Å². The van der Waals surface area contributed by atoms with E-state index in [9.17, 15) is 4.79 Å². The van der Waals surface area contributed by atoms with Crippen molar-refractivity contribution >= 4 is 32.8 Å². The average Bonchev–Trinajstić information content (AvgIpc) is 2.68. The first-order valence-electron chi connectivity index (χ1n) is 5.48. The lowest BCUT2D eigenvalue weighted by atomic mass is 10.1. The molecule has 0 aromatic carbocycles. The van der Waals surface area contributed by atoms with Gasteiger partial charge in [0.1, 0.15) is 5.52 Å². The Morgan fingerprint density at radius 2 is 2.28 bits per heavy atom. The van der Waals surface area contributed by atoms with Crippen LogP contribution in [-0.4, -0.2) is 29.7 Å². The van der Waals surface area contributed by atoms with E-state index in [1.165, 1.54) is 7.11 Å². The SMILES string of the molecule is CCOC(=O)c1c(C)[nH]c2c(OC)ncc(Br)c12. The van der Waals surface area contributed by atoms with E-state index in [4.69, 9.17) is 9.47 Å². The van der Waals surface area contributed by atoms with Gasteiger partial charge in [-0.1, -0.05) is 0 Å². The fourth-order valence-electron chi connectivity index (χ4n) is 1.88. The van der Waals surface area contributed by atoms with Gasteiger partial charge >= 0.3 is 5.97 Å². The van der Waals surface area contributed by atoms with Gasteiger partial charge in [0.05, 0.1) is 19.3 Å². The van der Waals surface area contributed by atoms with Crippen LogP contribution in [0.4, 0.5) is 0 Å². The molecule has 0 amide bonds. The van der Waals surface area contributed by atoms with Gasteiger partial charge in [0.25, 0.3) is 0 Å². The van der Waals surface area contributed by atoms with E-state index in [1.807, 2.05) is 6.92 Å². The molecular formula is C12H13BrN2O3. The minimum Gasteiger partial charge on any atom is -0.479 e. The van der Waals surface area contributed by atoms with Crippen LogP contribution in [0.1, 0.15) is 23.0 Å². The Morgan fingerprint density at radius 1 is 1.56 bits per heavy atom. The number of aryl methyl sites for hydroxylation is 1. The van der Waals surface area contributed by atoms with Crippen molar-refractivity contribution in [2.75, 3.05) is 13.7 Å². The third kappa shape index (κ3) is 1.96. The molecule has 0 bridgehead atoms. The maximum Gasteiger partial charge on any atom is 0.340 e. The fraction of sp³-hybridized carbons (Fsp3) is 0.333. The highest BCUT2D eigenvalue weighted by molar-refractivity contribution is 9.10. The normalized spacial score (nSPS) is 10.7. The molecule has 0 aliphatic carbocycles. The Labute approximate surface area is 113 Å². The van der Waals surface area contributed by atoms with Gasteiger partial charge in [-0.05, 0) is 29.8 Å². The second-order valence-electron chi connectivity index (χ2n) is 3.71. The first-order valence-corrected chi connectivity index (χ1v) is 6.27. The Bertz CT molecular complexity index is 607. The maximum atomic E-state index is 12.0. The predicted octanol–water partition coefficient (Wildman–Crippen LogP) is 2.82. The number of rotatable bonds is 3. The van der Waals surface area contributed by atoms with Crippen molar-refractivity contribution in [1.82, 2.24) is 9.97 Å². The molecule has 2 rings (SSSR count). The summed E-state index contributed by atoms with van der Waals surface area (Å²) in [6, 6.07) is 0. The lowest BCUT2D eigenvalue weighted by molar-refractivity contribution is 0.0528. The number of hydrogen-bond donors (Lipinski definition) is 1. The van der Waals surface area contributed by atoms with Crippen LogP contribution in [0.25, 0.3) is 10.9 Å². The van der Waals surface area contributed by atoms with Crippen LogP contribution >= 0.6 is 15.9 Å². The summed E-state index contributed by atoms with van der Waals surface area (Å²) in [7, 11) is 1.54. The first kappa shape index (κ1) is 12.9. The molecule has 0 atom stereocenters. The molecule has 0 saturated carbocycles. The molecule has 0 aliphatic heterocycles. The predicted molar refractivity (Wildman–Crippen MR) is 71.0 cm³/mol. The second kappa shape index (κ2) is 4.97. The summed E-state index contributed by atoms with van der Waals surface area (Å²) in [6.07, 6.45) is 1.61. The van der Waals surface area contributed by atoms with E-state index < -0.39 is 0 Å². The number of esters is 1. The van der Waals surface area contributed by atoms with Crippen molar-refractivity contribution < 1.29 is 14.3 Å². The zero-order valence-corrected chi connectivity index (χ0v) is 11.9. The minimum atomic E-state index is -0.352. The molecule has 2 heterocycles. The summed E-state index contributed by atoms with van der Waals surface area (Å²) in [5, 5.41) is 0.734. The summed E-state index contributed by atoms with van der Waals surface area (Å²) in [6.45, 7) is 3.93. The van der Waals surface area contributed by atoms with E-state index in [-0.39, 0.29) is 5.97 Å². The van der Waals surface area contributed by atoms with Crippen LogP contribution in [0.5, 0.6) is 5.88 Å². The van der Waals surface area contributed by atoms with E-state index in [0.29, 0.717) is 23.6 Å². The smallest absolute Gasteiger partial charge is 0.340 e. The van der Waals surface area contributed by atoms with Crippen molar-refractivity contribution in [1.29, 1.82) is 0 Å². The van der Waals surface area contributed by atoms with E-state index in [1.54, 1.807) is 13.1 Å². The van der Waals surface area contributed by atoms with Gasteiger partial charge in [-0.15, -0.1) is 0 Å². The standard InChI is InChI=1S/C12H13BrN2O3/c1-4-18-12(16)8-6(2)15-10-9(8)7(13)5-14-11(10)17-3/h5,15H,4H2,1-3H3. The number of aromatic nitrogens is 2. The van der Waals surface area contributed by atoms with Gasteiger partial charge in [0.2, 0.25) is 5.88 Å². The minimum absolute atomic E-state index is 0.338. The molecule has 0 aliphatic rings. The highest BCUT2D eigenvalue weighted by atomic mass is 79.9. The maximum absolute atomic E-state index is 12.0. The van der Waals surface area contributed by atoms with Crippen LogP contribution in [0.2, 0.25) is 0 Å². The number of carbonyl (C=O) groups excluding carboxylic acids is 1. The number of carbonyl (C=O) groups is 1. The van der Waals surface area contributed by atoms with Crippen molar-refractivity contribution in [2.24, 2.45) is 0 Å². The number of hydrogen-bond acceptors (Lipinski definition) is 4. The van der Waals surface area contributed by atoms with Gasteiger partial charge in [-0.2, -0.15) is 0 Å². The molecule has 5 nitrogen and oxygen atoms in total. The topological polar surface area (TPSA) is 64.2 Å². The summed E-state index contributed by atoms with van der Waals surface area (Å²) in [4.78, 5) is 19.2. The van der Waals surface area contributed by atoms with Crippen LogP contribution in [-0.2, 0) is 4.74 Å². The Balaban J connectivity index is 2.74. The van der Waals surface area contributed by atoms with E-state index in [0.717, 1.165) is 15.6 Å². The van der Waals surface area contributed by atoms with Crippen LogP contribution in [0.15, 0.2) is 10.7 Å². The quantitative estimate of drug-likeness (QED) is 0.885. The second-order valence-corrected chi connectivity index (χ2v) is 4.57. The number of pyridine rings is 1.